The number of thiophene rings is 1. The van der Waals surface area contributed by atoms with Crippen LogP contribution in [-0.4, -0.2) is 42.4 Å². The summed E-state index contributed by atoms with van der Waals surface area (Å²) in [4.78, 5) is 27.8. The number of carbonyl (C=O) groups is 2. The van der Waals surface area contributed by atoms with Crippen molar-refractivity contribution in [2.75, 3.05) is 19.6 Å². The van der Waals surface area contributed by atoms with Gasteiger partial charge in [0.05, 0.1) is 4.88 Å². The van der Waals surface area contributed by atoms with Crippen molar-refractivity contribution < 1.29 is 9.59 Å². The smallest absolute Gasteiger partial charge is 0.264 e. The first-order chi connectivity index (χ1) is 12.7. The number of nitrogens with zero attached hydrogens (tertiary/aromatic N) is 1. The van der Waals surface area contributed by atoms with Crippen molar-refractivity contribution in [3.05, 3.63) is 57.8 Å². The predicted octanol–water partition coefficient (Wildman–Crippen LogP) is 2.36. The Bertz CT molecular complexity index is 790. The molecule has 2 atom stereocenters. The molecule has 26 heavy (non-hydrogen) atoms. The summed E-state index contributed by atoms with van der Waals surface area (Å²) in [7, 11) is 0. The van der Waals surface area contributed by atoms with E-state index in [1.807, 2.05) is 23.6 Å². The summed E-state index contributed by atoms with van der Waals surface area (Å²) in [5.74, 6) is -0.0731. The second kappa shape index (κ2) is 7.60. The maximum Gasteiger partial charge on any atom is 0.264 e. The van der Waals surface area contributed by atoms with Gasteiger partial charge in [0.15, 0.2) is 0 Å². The fourth-order valence-electron chi connectivity index (χ4n) is 3.92. The maximum absolute atomic E-state index is 12.8. The third-order valence-electron chi connectivity index (χ3n) is 5.24. The molecule has 0 bridgehead atoms. The van der Waals surface area contributed by atoms with Crippen LogP contribution >= 0.6 is 11.3 Å². The Morgan fingerprint density at radius 3 is 2.96 bits per heavy atom. The van der Waals surface area contributed by atoms with Gasteiger partial charge in [-0.1, -0.05) is 30.3 Å². The first kappa shape index (κ1) is 17.2. The number of hydrogen-bond donors (Lipinski definition) is 2. The van der Waals surface area contributed by atoms with E-state index in [1.54, 1.807) is 4.90 Å². The normalized spacial score (nSPS) is 22.1. The summed E-state index contributed by atoms with van der Waals surface area (Å²) in [6.07, 6.45) is 2.63. The van der Waals surface area contributed by atoms with Crippen LogP contribution < -0.4 is 10.6 Å². The largest absolute Gasteiger partial charge is 0.352 e. The molecule has 3 heterocycles. The van der Waals surface area contributed by atoms with Gasteiger partial charge in [-0.3, -0.25) is 9.59 Å². The highest BCUT2D eigenvalue weighted by atomic mass is 32.1. The molecule has 1 aromatic heterocycles. The summed E-state index contributed by atoms with van der Waals surface area (Å²) in [5, 5.41) is 8.45. The van der Waals surface area contributed by atoms with E-state index in [-0.39, 0.29) is 23.9 Å². The summed E-state index contributed by atoms with van der Waals surface area (Å²) in [6, 6.07) is 11.9. The van der Waals surface area contributed by atoms with Crippen molar-refractivity contribution in [3.63, 3.8) is 0 Å². The molecule has 2 aliphatic heterocycles. The van der Waals surface area contributed by atoms with Crippen LogP contribution in [0.5, 0.6) is 0 Å². The quantitative estimate of drug-likeness (QED) is 0.870. The van der Waals surface area contributed by atoms with Crippen LogP contribution in [-0.2, 0) is 11.2 Å². The Morgan fingerprint density at radius 2 is 2.12 bits per heavy atom. The van der Waals surface area contributed by atoms with Crippen LogP contribution in [0.4, 0.5) is 0 Å². The topological polar surface area (TPSA) is 61.4 Å². The fourth-order valence-corrected chi connectivity index (χ4v) is 4.60. The van der Waals surface area contributed by atoms with Gasteiger partial charge in [-0.25, -0.2) is 0 Å². The molecule has 1 aromatic carbocycles. The minimum Gasteiger partial charge on any atom is -0.352 e. The molecule has 1 saturated heterocycles. The number of likely N-dealkylation sites (tertiary alicyclic amines) is 1. The van der Waals surface area contributed by atoms with Gasteiger partial charge >= 0.3 is 0 Å². The molecule has 6 heteroatoms. The zero-order chi connectivity index (χ0) is 17.9. The zero-order valence-corrected chi connectivity index (χ0v) is 15.4. The Kier molecular flexibility index (Phi) is 5.04. The van der Waals surface area contributed by atoms with Gasteiger partial charge in [-0.05, 0) is 48.4 Å². The number of rotatable bonds is 4. The lowest BCUT2D eigenvalue weighted by molar-refractivity contribution is -0.124. The van der Waals surface area contributed by atoms with Gasteiger partial charge in [0.2, 0.25) is 5.91 Å². The van der Waals surface area contributed by atoms with Crippen LogP contribution in [0.1, 0.15) is 39.7 Å². The highest BCUT2D eigenvalue weighted by Crippen LogP contribution is 2.24. The van der Waals surface area contributed by atoms with E-state index in [9.17, 15) is 9.59 Å². The molecule has 0 aliphatic carbocycles. The number of carbonyl (C=O) groups excluding carboxylic acids is 2. The van der Waals surface area contributed by atoms with E-state index in [4.69, 9.17) is 0 Å². The van der Waals surface area contributed by atoms with Crippen LogP contribution in [0, 0.1) is 0 Å². The van der Waals surface area contributed by atoms with Crippen LogP contribution in [0.15, 0.2) is 41.8 Å². The van der Waals surface area contributed by atoms with Gasteiger partial charge in [0, 0.05) is 19.1 Å². The molecular weight excluding hydrogens is 346 g/mol. The number of fused-ring (bicyclic) bond motifs is 1. The van der Waals surface area contributed by atoms with Gasteiger partial charge in [0.1, 0.15) is 6.04 Å². The molecule has 4 rings (SSSR count). The SMILES string of the molecule is O=C(NCC1NCCc2ccccc21)C1CCCN1C(=O)c1cccs1. The number of amides is 2. The molecule has 5 nitrogen and oxygen atoms in total. The summed E-state index contributed by atoms with van der Waals surface area (Å²) in [5.41, 5.74) is 2.61. The monoisotopic (exact) mass is 369 g/mol. The minimum absolute atomic E-state index is 0.0289. The van der Waals surface area contributed by atoms with E-state index >= 15 is 0 Å². The maximum atomic E-state index is 12.8. The van der Waals surface area contributed by atoms with E-state index in [1.165, 1.54) is 22.5 Å². The Balaban J connectivity index is 1.40. The van der Waals surface area contributed by atoms with Crippen LogP contribution in [0.3, 0.4) is 0 Å². The molecule has 2 unspecified atom stereocenters. The lowest BCUT2D eigenvalue weighted by Gasteiger charge is -2.28. The van der Waals surface area contributed by atoms with Crippen molar-refractivity contribution in [2.45, 2.75) is 31.3 Å². The number of benzene rings is 1. The zero-order valence-electron chi connectivity index (χ0n) is 14.6. The van der Waals surface area contributed by atoms with Gasteiger partial charge < -0.3 is 15.5 Å². The lowest BCUT2D eigenvalue weighted by Crippen LogP contribution is -2.48. The molecule has 0 spiro atoms. The highest BCUT2D eigenvalue weighted by Gasteiger charge is 2.35. The van der Waals surface area contributed by atoms with E-state index in [0.717, 1.165) is 25.8 Å². The third-order valence-corrected chi connectivity index (χ3v) is 6.10. The van der Waals surface area contributed by atoms with Crippen LogP contribution in [0.2, 0.25) is 0 Å². The fraction of sp³-hybridized carbons (Fsp3) is 0.400. The summed E-state index contributed by atoms with van der Waals surface area (Å²) < 4.78 is 0. The summed E-state index contributed by atoms with van der Waals surface area (Å²) in [6.45, 7) is 2.12. The Labute approximate surface area is 157 Å². The average Bonchev–Trinajstić information content (AvgIpc) is 3.37. The molecule has 2 amide bonds. The van der Waals surface area contributed by atoms with Gasteiger partial charge in [-0.15, -0.1) is 11.3 Å². The van der Waals surface area contributed by atoms with Crippen molar-refractivity contribution in [1.82, 2.24) is 15.5 Å². The van der Waals surface area contributed by atoms with E-state index in [2.05, 4.69) is 28.8 Å². The van der Waals surface area contributed by atoms with E-state index in [0.29, 0.717) is 18.0 Å². The second-order valence-corrected chi connectivity index (χ2v) is 7.78. The molecule has 136 valence electrons. The third kappa shape index (κ3) is 3.39. The lowest BCUT2D eigenvalue weighted by atomic mass is 9.94. The van der Waals surface area contributed by atoms with Crippen molar-refractivity contribution in [2.24, 2.45) is 0 Å². The molecule has 2 aliphatic rings. The number of hydrogen-bond acceptors (Lipinski definition) is 4. The molecule has 0 radical (unpaired) electrons. The first-order valence-electron chi connectivity index (χ1n) is 9.17. The summed E-state index contributed by atoms with van der Waals surface area (Å²) >= 11 is 1.43. The van der Waals surface area contributed by atoms with Gasteiger partial charge in [0.25, 0.3) is 5.91 Å². The number of nitrogens with one attached hydrogen (secondary N) is 2. The second-order valence-electron chi connectivity index (χ2n) is 6.83. The first-order valence-corrected chi connectivity index (χ1v) is 10.1. The van der Waals surface area contributed by atoms with Crippen molar-refractivity contribution in [3.8, 4) is 0 Å². The predicted molar refractivity (Wildman–Crippen MR) is 102 cm³/mol. The molecule has 2 N–H and O–H groups in total. The Hall–Kier alpha value is -2.18. The minimum atomic E-state index is -0.358. The Morgan fingerprint density at radius 1 is 1.23 bits per heavy atom. The van der Waals surface area contributed by atoms with Gasteiger partial charge in [-0.2, -0.15) is 0 Å². The van der Waals surface area contributed by atoms with Crippen molar-refractivity contribution >= 4 is 23.2 Å². The van der Waals surface area contributed by atoms with Crippen LogP contribution in [0.25, 0.3) is 0 Å². The molecule has 2 aromatic rings. The standard InChI is InChI=1S/C20H23N3O2S/c24-19(17-7-3-11-23(17)20(25)18-8-4-12-26-18)22-13-16-15-6-2-1-5-14(15)9-10-21-16/h1-2,4-6,8,12,16-17,21H,3,7,9-11,13H2,(H,22,24). The van der Waals surface area contributed by atoms with E-state index < -0.39 is 0 Å². The molecular formula is C20H23N3O2S. The van der Waals surface area contributed by atoms with Crippen molar-refractivity contribution in [1.29, 1.82) is 0 Å². The highest BCUT2D eigenvalue weighted by molar-refractivity contribution is 7.12. The molecule has 1 fully saturated rings. The average molecular weight is 369 g/mol. The molecule has 0 saturated carbocycles.